The molecule has 21 heavy (non-hydrogen) atoms. The van der Waals surface area contributed by atoms with Crippen molar-refractivity contribution < 1.29 is 9.59 Å². The third kappa shape index (κ3) is 5.76. The van der Waals surface area contributed by atoms with Crippen LogP contribution >= 0.6 is 11.6 Å². The Hall–Kier alpha value is -1.55. The molecular weight excluding hydrogens is 288 g/mol. The monoisotopic (exact) mass is 310 g/mol. The van der Waals surface area contributed by atoms with E-state index in [2.05, 4.69) is 5.32 Å². The zero-order valence-corrected chi connectivity index (χ0v) is 13.7. The average molecular weight is 311 g/mol. The van der Waals surface area contributed by atoms with Gasteiger partial charge in [0.1, 0.15) is 6.42 Å². The van der Waals surface area contributed by atoms with E-state index < -0.39 is 0 Å². The second kappa shape index (κ2) is 8.67. The third-order valence-corrected chi connectivity index (χ3v) is 3.51. The molecule has 0 aromatic heterocycles. The second-order valence-electron chi connectivity index (χ2n) is 5.07. The molecule has 0 radical (unpaired) electrons. The van der Waals surface area contributed by atoms with E-state index in [1.165, 1.54) is 0 Å². The summed E-state index contributed by atoms with van der Waals surface area (Å²) in [6.45, 7) is 7.31. The molecule has 0 heterocycles. The van der Waals surface area contributed by atoms with Gasteiger partial charge in [-0.3, -0.25) is 9.59 Å². The number of benzene rings is 1. The first-order chi connectivity index (χ1) is 9.97. The number of rotatable bonds is 7. The van der Waals surface area contributed by atoms with Crippen LogP contribution in [0.4, 0.5) is 5.69 Å². The Bertz CT molecular complexity index is 497. The molecule has 0 aliphatic rings. The predicted octanol–water partition coefficient (Wildman–Crippen LogP) is 3.63. The third-order valence-electron chi connectivity index (χ3n) is 3.11. The van der Waals surface area contributed by atoms with Gasteiger partial charge in [-0.2, -0.15) is 0 Å². The minimum atomic E-state index is -0.308. The summed E-state index contributed by atoms with van der Waals surface area (Å²) >= 11 is 6.01. The van der Waals surface area contributed by atoms with E-state index in [-0.39, 0.29) is 18.2 Å². The molecule has 1 aromatic rings. The minimum Gasteiger partial charge on any atom is -0.342 e. The van der Waals surface area contributed by atoms with E-state index in [9.17, 15) is 9.59 Å². The van der Waals surface area contributed by atoms with Crippen molar-refractivity contribution >= 4 is 29.1 Å². The first kappa shape index (κ1) is 17.5. The number of hydrogen-bond acceptors (Lipinski definition) is 2. The lowest BCUT2D eigenvalue weighted by Crippen LogP contribution is -2.35. The normalized spacial score (nSPS) is 10.3. The highest BCUT2D eigenvalue weighted by Crippen LogP contribution is 2.20. The van der Waals surface area contributed by atoms with Gasteiger partial charge in [0.2, 0.25) is 11.8 Å². The molecule has 2 amide bonds. The molecule has 0 saturated carbocycles. The molecule has 4 nitrogen and oxygen atoms in total. The van der Waals surface area contributed by atoms with Crippen molar-refractivity contribution in [3.63, 3.8) is 0 Å². The van der Waals surface area contributed by atoms with Crippen LogP contribution in [0.15, 0.2) is 18.2 Å². The van der Waals surface area contributed by atoms with Gasteiger partial charge < -0.3 is 10.2 Å². The van der Waals surface area contributed by atoms with E-state index in [1.807, 2.05) is 26.8 Å². The summed E-state index contributed by atoms with van der Waals surface area (Å²) in [6.07, 6.45) is 1.65. The molecule has 1 rings (SSSR count). The zero-order chi connectivity index (χ0) is 15.8. The van der Waals surface area contributed by atoms with Gasteiger partial charge in [0.25, 0.3) is 0 Å². The molecule has 0 aliphatic heterocycles. The molecule has 1 N–H and O–H groups in total. The van der Waals surface area contributed by atoms with Crippen molar-refractivity contribution in [3.8, 4) is 0 Å². The highest BCUT2D eigenvalue weighted by atomic mass is 35.5. The molecule has 0 atom stereocenters. The number of nitrogens with zero attached hydrogens (tertiary/aromatic N) is 1. The van der Waals surface area contributed by atoms with Gasteiger partial charge in [-0.1, -0.05) is 31.5 Å². The summed E-state index contributed by atoms with van der Waals surface area (Å²) in [5, 5.41) is 3.30. The van der Waals surface area contributed by atoms with E-state index in [0.29, 0.717) is 23.8 Å². The van der Waals surface area contributed by atoms with Crippen LogP contribution in [0.2, 0.25) is 5.02 Å². The first-order valence-corrected chi connectivity index (χ1v) is 7.69. The highest BCUT2D eigenvalue weighted by molar-refractivity contribution is 6.31. The SMILES string of the molecule is CCCN(CCC)C(=O)CC(=O)Nc1ccc(C)c(Cl)c1. The summed E-state index contributed by atoms with van der Waals surface area (Å²) < 4.78 is 0. The topological polar surface area (TPSA) is 49.4 Å². The van der Waals surface area contributed by atoms with Crippen molar-refractivity contribution in [2.75, 3.05) is 18.4 Å². The predicted molar refractivity (Wildman–Crippen MR) is 86.6 cm³/mol. The van der Waals surface area contributed by atoms with Gasteiger partial charge in [0.15, 0.2) is 0 Å². The number of amides is 2. The lowest BCUT2D eigenvalue weighted by molar-refractivity contribution is -0.134. The molecular formula is C16H23ClN2O2. The van der Waals surface area contributed by atoms with Crippen LogP contribution in [0.5, 0.6) is 0 Å². The van der Waals surface area contributed by atoms with Crippen LogP contribution in [-0.4, -0.2) is 29.8 Å². The Morgan fingerprint density at radius 1 is 1.19 bits per heavy atom. The van der Waals surface area contributed by atoms with E-state index in [0.717, 1.165) is 18.4 Å². The molecule has 0 saturated heterocycles. The smallest absolute Gasteiger partial charge is 0.233 e. The summed E-state index contributed by atoms with van der Waals surface area (Å²) in [7, 11) is 0. The minimum absolute atomic E-state index is 0.130. The number of aryl methyl sites for hydroxylation is 1. The lowest BCUT2D eigenvalue weighted by atomic mass is 10.2. The van der Waals surface area contributed by atoms with Gasteiger partial charge in [-0.15, -0.1) is 0 Å². The van der Waals surface area contributed by atoms with Crippen LogP contribution in [0, 0.1) is 6.92 Å². The Kier molecular flexibility index (Phi) is 7.23. The summed E-state index contributed by atoms with van der Waals surface area (Å²) in [5.74, 6) is -0.438. The molecule has 0 fully saturated rings. The molecule has 0 spiro atoms. The largest absolute Gasteiger partial charge is 0.342 e. The lowest BCUT2D eigenvalue weighted by Gasteiger charge is -2.21. The number of anilines is 1. The van der Waals surface area contributed by atoms with E-state index in [1.54, 1.807) is 17.0 Å². The number of carbonyl (C=O) groups is 2. The van der Waals surface area contributed by atoms with Crippen molar-refractivity contribution in [1.29, 1.82) is 0 Å². The maximum Gasteiger partial charge on any atom is 0.233 e. The fourth-order valence-corrected chi connectivity index (χ4v) is 2.21. The molecule has 0 bridgehead atoms. The van der Waals surface area contributed by atoms with E-state index in [4.69, 9.17) is 11.6 Å². The molecule has 0 aliphatic carbocycles. The van der Waals surface area contributed by atoms with Crippen LogP contribution in [0.1, 0.15) is 38.7 Å². The zero-order valence-electron chi connectivity index (χ0n) is 12.9. The standard InChI is InChI=1S/C16H23ClN2O2/c1-4-8-19(9-5-2)16(21)11-15(20)18-13-7-6-12(3)14(17)10-13/h6-7,10H,4-5,8-9,11H2,1-3H3,(H,18,20). The van der Waals surface area contributed by atoms with Crippen LogP contribution in [0.3, 0.4) is 0 Å². The van der Waals surface area contributed by atoms with Crippen molar-refractivity contribution in [3.05, 3.63) is 28.8 Å². The number of halogens is 1. The Labute approximate surface area is 131 Å². The van der Waals surface area contributed by atoms with Gasteiger partial charge in [-0.05, 0) is 37.5 Å². The second-order valence-corrected chi connectivity index (χ2v) is 5.48. The fourth-order valence-electron chi connectivity index (χ4n) is 2.03. The molecule has 5 heteroatoms. The maximum atomic E-state index is 12.1. The van der Waals surface area contributed by atoms with Gasteiger partial charge in [0.05, 0.1) is 0 Å². The highest BCUT2D eigenvalue weighted by Gasteiger charge is 2.16. The first-order valence-electron chi connectivity index (χ1n) is 7.31. The van der Waals surface area contributed by atoms with Crippen molar-refractivity contribution in [2.24, 2.45) is 0 Å². The quantitative estimate of drug-likeness (QED) is 0.782. The Balaban J connectivity index is 2.59. The van der Waals surface area contributed by atoms with Gasteiger partial charge in [-0.25, -0.2) is 0 Å². The molecule has 116 valence electrons. The molecule has 0 unspecified atom stereocenters. The molecule has 1 aromatic carbocycles. The number of hydrogen-bond donors (Lipinski definition) is 1. The average Bonchev–Trinajstić information content (AvgIpc) is 2.42. The summed E-state index contributed by atoms with van der Waals surface area (Å²) in [4.78, 5) is 25.8. The van der Waals surface area contributed by atoms with Crippen LogP contribution in [0.25, 0.3) is 0 Å². The van der Waals surface area contributed by atoms with E-state index >= 15 is 0 Å². The fraction of sp³-hybridized carbons (Fsp3) is 0.500. The Morgan fingerprint density at radius 2 is 1.81 bits per heavy atom. The Morgan fingerprint density at radius 3 is 2.33 bits per heavy atom. The van der Waals surface area contributed by atoms with Crippen LogP contribution < -0.4 is 5.32 Å². The summed E-state index contributed by atoms with van der Waals surface area (Å²) in [5.41, 5.74) is 1.56. The maximum absolute atomic E-state index is 12.1. The van der Waals surface area contributed by atoms with Gasteiger partial charge in [0, 0.05) is 23.8 Å². The number of nitrogens with one attached hydrogen (secondary N) is 1. The van der Waals surface area contributed by atoms with Crippen molar-refractivity contribution in [2.45, 2.75) is 40.0 Å². The van der Waals surface area contributed by atoms with Crippen LogP contribution in [-0.2, 0) is 9.59 Å². The summed E-state index contributed by atoms with van der Waals surface area (Å²) in [6, 6.07) is 5.30. The van der Waals surface area contributed by atoms with Gasteiger partial charge >= 0.3 is 0 Å². The van der Waals surface area contributed by atoms with Crippen molar-refractivity contribution in [1.82, 2.24) is 4.90 Å². The number of carbonyl (C=O) groups excluding carboxylic acids is 2.